The number of nitrogens with zero attached hydrogens (tertiary/aromatic N) is 2. The van der Waals surface area contributed by atoms with Crippen LogP contribution >= 0.6 is 0 Å². The van der Waals surface area contributed by atoms with Gasteiger partial charge in [-0.15, -0.1) is 0 Å². The third kappa shape index (κ3) is 2.93. The van der Waals surface area contributed by atoms with Gasteiger partial charge in [0, 0.05) is 25.7 Å². The van der Waals surface area contributed by atoms with Crippen LogP contribution in [0, 0.1) is 0 Å². The monoisotopic (exact) mass is 301 g/mol. The zero-order valence-electron chi connectivity index (χ0n) is 11.7. The first-order valence-corrected chi connectivity index (χ1v) is 6.91. The Morgan fingerprint density at radius 2 is 2.23 bits per heavy atom. The number of carboxylic acids is 1. The van der Waals surface area contributed by atoms with Crippen molar-refractivity contribution in [3.8, 4) is 5.75 Å². The van der Waals surface area contributed by atoms with Crippen LogP contribution in [-0.2, 0) is 17.8 Å². The summed E-state index contributed by atoms with van der Waals surface area (Å²) < 4.78 is 7.22. The highest BCUT2D eigenvalue weighted by atomic mass is 16.5. The second kappa shape index (κ2) is 5.88. The molecule has 0 fully saturated rings. The van der Waals surface area contributed by atoms with E-state index in [1.54, 1.807) is 4.57 Å². The van der Waals surface area contributed by atoms with E-state index in [0.717, 1.165) is 11.3 Å². The fourth-order valence-electron chi connectivity index (χ4n) is 2.34. The molecule has 7 heteroatoms. The third-order valence-corrected chi connectivity index (χ3v) is 3.46. The number of hydrogen-bond donors (Lipinski definition) is 2. The van der Waals surface area contributed by atoms with Gasteiger partial charge in [0.25, 0.3) is 5.91 Å². The number of benzene rings is 1. The highest BCUT2D eigenvalue weighted by molar-refractivity contribution is 5.85. The lowest BCUT2D eigenvalue weighted by Crippen LogP contribution is -2.38. The van der Waals surface area contributed by atoms with E-state index >= 15 is 0 Å². The van der Waals surface area contributed by atoms with Crippen LogP contribution in [0.15, 0.2) is 36.8 Å². The Labute approximate surface area is 126 Å². The molecule has 1 atom stereocenters. The van der Waals surface area contributed by atoms with Gasteiger partial charge < -0.3 is 19.7 Å². The lowest BCUT2D eigenvalue weighted by molar-refractivity contribution is -0.127. The minimum absolute atomic E-state index is 0.0131. The lowest BCUT2D eigenvalue weighted by Gasteiger charge is -2.11. The van der Waals surface area contributed by atoms with Crippen molar-refractivity contribution in [1.29, 1.82) is 0 Å². The first kappa shape index (κ1) is 14.1. The Balaban J connectivity index is 1.48. The topological polar surface area (TPSA) is 93.5 Å². The molecule has 2 aromatic rings. The number of hydrogen-bond acceptors (Lipinski definition) is 4. The highest BCUT2D eigenvalue weighted by Crippen LogP contribution is 2.27. The van der Waals surface area contributed by atoms with Gasteiger partial charge in [-0.05, 0) is 11.6 Å². The van der Waals surface area contributed by atoms with Gasteiger partial charge in [0.1, 0.15) is 5.75 Å². The molecule has 1 amide bonds. The van der Waals surface area contributed by atoms with Crippen molar-refractivity contribution >= 4 is 11.9 Å². The molecular weight excluding hydrogens is 286 g/mol. The molecule has 1 aromatic carbocycles. The Kier molecular flexibility index (Phi) is 3.78. The van der Waals surface area contributed by atoms with Gasteiger partial charge >= 0.3 is 5.97 Å². The van der Waals surface area contributed by atoms with E-state index in [1.165, 1.54) is 12.5 Å². The molecule has 2 heterocycles. The van der Waals surface area contributed by atoms with Crippen molar-refractivity contribution in [2.45, 2.75) is 19.1 Å². The van der Waals surface area contributed by atoms with Crippen LogP contribution in [0.1, 0.15) is 16.1 Å². The van der Waals surface area contributed by atoms with Crippen molar-refractivity contribution in [1.82, 2.24) is 14.9 Å². The minimum atomic E-state index is -1.07. The summed E-state index contributed by atoms with van der Waals surface area (Å²) >= 11 is 0. The zero-order valence-corrected chi connectivity index (χ0v) is 11.7. The number of ether oxygens (including phenoxy) is 1. The first-order valence-electron chi connectivity index (χ1n) is 6.91. The molecule has 0 bridgehead atoms. The number of imidazole rings is 1. The van der Waals surface area contributed by atoms with Crippen molar-refractivity contribution in [2.24, 2.45) is 0 Å². The summed E-state index contributed by atoms with van der Waals surface area (Å²) in [5.74, 6) is -0.488. The number of carboxylic acid groups (broad SMARTS) is 1. The molecule has 0 saturated carbocycles. The molecule has 0 radical (unpaired) electrons. The van der Waals surface area contributed by atoms with E-state index in [2.05, 4.69) is 10.3 Å². The van der Waals surface area contributed by atoms with Gasteiger partial charge in [-0.2, -0.15) is 0 Å². The number of para-hydroxylation sites is 1. The summed E-state index contributed by atoms with van der Waals surface area (Å²) in [6.07, 6.45) is 2.92. The molecule has 3 rings (SSSR count). The standard InChI is InChI=1S/C15H15N3O4/c19-14(13-7-10-3-1-2-4-12(10)22-13)16-5-6-18-8-11(15(20)21)17-9-18/h1-4,8-9,13H,5-7H2,(H,16,19)(H,20,21). The molecule has 0 saturated heterocycles. The number of fused-ring (bicyclic) bond motifs is 1. The van der Waals surface area contributed by atoms with E-state index in [-0.39, 0.29) is 11.6 Å². The normalized spacial score (nSPS) is 15.9. The maximum absolute atomic E-state index is 12.1. The lowest BCUT2D eigenvalue weighted by atomic mass is 10.1. The van der Waals surface area contributed by atoms with Gasteiger partial charge in [-0.3, -0.25) is 4.79 Å². The van der Waals surface area contributed by atoms with E-state index < -0.39 is 12.1 Å². The van der Waals surface area contributed by atoms with Crippen LogP contribution in [-0.4, -0.2) is 39.2 Å². The van der Waals surface area contributed by atoms with Gasteiger partial charge in [0.05, 0.1) is 6.33 Å². The minimum Gasteiger partial charge on any atom is -0.480 e. The number of aromatic carboxylic acids is 1. The average Bonchev–Trinajstić information content (AvgIpc) is 3.13. The van der Waals surface area contributed by atoms with E-state index in [0.29, 0.717) is 19.5 Å². The van der Waals surface area contributed by atoms with Crippen LogP contribution in [0.5, 0.6) is 5.75 Å². The summed E-state index contributed by atoms with van der Waals surface area (Å²) in [5, 5.41) is 11.6. The van der Waals surface area contributed by atoms with Crippen molar-refractivity contribution in [3.05, 3.63) is 48.0 Å². The smallest absolute Gasteiger partial charge is 0.356 e. The number of carbonyl (C=O) groups is 2. The number of nitrogens with one attached hydrogen (secondary N) is 1. The molecule has 2 N–H and O–H groups in total. The summed E-state index contributed by atoms with van der Waals surface area (Å²) in [6, 6.07) is 7.59. The Bertz CT molecular complexity index is 685. The van der Waals surface area contributed by atoms with Crippen molar-refractivity contribution < 1.29 is 19.4 Å². The third-order valence-electron chi connectivity index (χ3n) is 3.46. The Morgan fingerprint density at radius 1 is 1.41 bits per heavy atom. The van der Waals surface area contributed by atoms with E-state index in [4.69, 9.17) is 9.84 Å². The fourth-order valence-corrected chi connectivity index (χ4v) is 2.34. The highest BCUT2D eigenvalue weighted by Gasteiger charge is 2.28. The Morgan fingerprint density at radius 3 is 2.95 bits per heavy atom. The predicted molar refractivity (Wildman–Crippen MR) is 76.8 cm³/mol. The number of rotatable bonds is 5. The van der Waals surface area contributed by atoms with Gasteiger partial charge in [0.15, 0.2) is 11.8 Å². The fraction of sp³-hybridized carbons (Fsp3) is 0.267. The van der Waals surface area contributed by atoms with E-state index in [9.17, 15) is 9.59 Å². The molecule has 22 heavy (non-hydrogen) atoms. The molecule has 7 nitrogen and oxygen atoms in total. The van der Waals surface area contributed by atoms with Crippen LogP contribution < -0.4 is 10.1 Å². The summed E-state index contributed by atoms with van der Waals surface area (Å²) in [7, 11) is 0. The zero-order chi connectivity index (χ0) is 15.5. The average molecular weight is 301 g/mol. The SMILES string of the molecule is O=C(O)c1cn(CCNC(=O)C2Cc3ccccc3O2)cn1. The second-order valence-corrected chi connectivity index (χ2v) is 5.01. The molecule has 1 aliphatic rings. The molecule has 0 aliphatic carbocycles. The quantitative estimate of drug-likeness (QED) is 0.848. The second-order valence-electron chi connectivity index (χ2n) is 5.01. The number of aromatic nitrogens is 2. The van der Waals surface area contributed by atoms with Crippen LogP contribution in [0.25, 0.3) is 0 Å². The molecule has 1 aliphatic heterocycles. The molecule has 114 valence electrons. The van der Waals surface area contributed by atoms with Crippen LogP contribution in [0.3, 0.4) is 0 Å². The molecule has 0 spiro atoms. The van der Waals surface area contributed by atoms with Crippen molar-refractivity contribution in [3.63, 3.8) is 0 Å². The first-order chi connectivity index (χ1) is 10.6. The number of amides is 1. The van der Waals surface area contributed by atoms with Crippen molar-refractivity contribution in [2.75, 3.05) is 6.54 Å². The summed E-state index contributed by atoms with van der Waals surface area (Å²) in [4.78, 5) is 26.5. The van der Waals surface area contributed by atoms with E-state index in [1.807, 2.05) is 24.3 Å². The number of carbonyl (C=O) groups excluding carboxylic acids is 1. The largest absolute Gasteiger partial charge is 0.480 e. The Hall–Kier alpha value is -2.83. The molecule has 1 unspecified atom stereocenters. The summed E-state index contributed by atoms with van der Waals surface area (Å²) in [5.41, 5.74) is 1.02. The van der Waals surface area contributed by atoms with Crippen LogP contribution in [0.4, 0.5) is 0 Å². The van der Waals surface area contributed by atoms with Gasteiger partial charge in [-0.25, -0.2) is 9.78 Å². The summed E-state index contributed by atoms with van der Waals surface area (Å²) in [6.45, 7) is 0.830. The molecule has 1 aromatic heterocycles. The predicted octanol–water partition coefficient (Wildman–Crippen LogP) is 0.701. The van der Waals surface area contributed by atoms with Gasteiger partial charge in [0.2, 0.25) is 0 Å². The molecular formula is C15H15N3O4. The van der Waals surface area contributed by atoms with Crippen LogP contribution in [0.2, 0.25) is 0 Å². The maximum atomic E-state index is 12.1. The maximum Gasteiger partial charge on any atom is 0.356 e. The van der Waals surface area contributed by atoms with Gasteiger partial charge in [-0.1, -0.05) is 18.2 Å².